The highest BCUT2D eigenvalue weighted by atomic mass is 32.2. The molecule has 2 heterocycles. The van der Waals surface area contributed by atoms with E-state index in [1.54, 1.807) is 18.2 Å². The molecule has 2 aliphatic heterocycles. The third kappa shape index (κ3) is 6.09. The monoisotopic (exact) mass is 660 g/mol. The second-order valence-corrected chi connectivity index (χ2v) is 14.8. The molecule has 0 amide bonds. The summed E-state index contributed by atoms with van der Waals surface area (Å²) in [6.07, 6.45) is 7.49. The molecule has 0 saturated heterocycles. The lowest BCUT2D eigenvalue weighted by Crippen LogP contribution is -2.35. The summed E-state index contributed by atoms with van der Waals surface area (Å²) < 4.78 is 36.4. The Hall–Kier alpha value is -4.02. The molecule has 250 valence electrons. The predicted octanol–water partition coefficient (Wildman–Crippen LogP) is 5.95. The van der Waals surface area contributed by atoms with Crippen molar-refractivity contribution >= 4 is 39.0 Å². The largest absolute Gasteiger partial charge is 0.871 e. The van der Waals surface area contributed by atoms with Gasteiger partial charge in [0.25, 0.3) is 10.1 Å². The standard InChI is InChI=1S/C37H44N2O7S/c1-6-8-20-39-30-18-17-24(47(44,45)46)21-28(30)37(5,19-13-9-10-16-33(40)41)32(39)23-26-34(42)25(35(26)43)22-31-36(3,4)27-14-11-12-15-29(27)38(31)7-2/h11-12,14-15,17-18,21-23H,6-10,13,16,19-20H2,1-5H3,(H2-,40,41,42,43,44,45,46). The van der Waals surface area contributed by atoms with E-state index in [9.17, 15) is 27.7 Å². The Morgan fingerprint density at radius 1 is 1.00 bits per heavy atom. The molecule has 10 heteroatoms. The summed E-state index contributed by atoms with van der Waals surface area (Å²) >= 11 is 0. The summed E-state index contributed by atoms with van der Waals surface area (Å²) in [5.41, 5.74) is 4.30. The molecule has 1 unspecified atom stereocenters. The van der Waals surface area contributed by atoms with Crippen LogP contribution in [0.15, 0.2) is 82.1 Å². The summed E-state index contributed by atoms with van der Waals surface area (Å²) in [7, 11) is -4.48. The zero-order chi connectivity index (χ0) is 34.3. The van der Waals surface area contributed by atoms with Crippen LogP contribution in [0.4, 0.5) is 11.4 Å². The van der Waals surface area contributed by atoms with Gasteiger partial charge in [-0.2, -0.15) is 13.0 Å². The van der Waals surface area contributed by atoms with Crippen LogP contribution in [0.5, 0.6) is 0 Å². The third-order valence-corrected chi connectivity index (χ3v) is 10.8. The highest BCUT2D eigenvalue weighted by molar-refractivity contribution is 7.85. The first-order valence-corrected chi connectivity index (χ1v) is 17.9. The number of benzene rings is 2. The van der Waals surface area contributed by atoms with E-state index in [1.807, 2.05) is 26.0 Å². The number of aliphatic carboxylic acids is 1. The Morgan fingerprint density at radius 3 is 2.36 bits per heavy atom. The number of nitrogens with zero attached hydrogens (tertiary/aromatic N) is 2. The topological polar surface area (TPSA) is 138 Å². The summed E-state index contributed by atoms with van der Waals surface area (Å²) in [6, 6.07) is 12.6. The average Bonchev–Trinajstić information content (AvgIpc) is 3.39. The summed E-state index contributed by atoms with van der Waals surface area (Å²) in [5, 5.41) is 22.9. The van der Waals surface area contributed by atoms with Crippen LogP contribution >= 0.6 is 0 Å². The molecule has 47 heavy (non-hydrogen) atoms. The number of carbonyl (C=O) groups excluding carboxylic acids is 1. The lowest BCUT2D eigenvalue weighted by molar-refractivity contribution is -0.433. The minimum absolute atomic E-state index is 0.0535. The van der Waals surface area contributed by atoms with Gasteiger partial charge in [-0.15, -0.1) is 0 Å². The highest BCUT2D eigenvalue weighted by Crippen LogP contribution is 2.52. The maximum absolute atomic E-state index is 13.8. The first-order valence-electron chi connectivity index (χ1n) is 16.4. The van der Waals surface area contributed by atoms with E-state index in [4.69, 9.17) is 5.11 Å². The van der Waals surface area contributed by atoms with Crippen LogP contribution in [0.2, 0.25) is 0 Å². The van der Waals surface area contributed by atoms with Crippen molar-refractivity contribution in [2.45, 2.75) is 95.3 Å². The summed E-state index contributed by atoms with van der Waals surface area (Å²) in [5.74, 6) is -1.52. The van der Waals surface area contributed by atoms with Crippen LogP contribution in [-0.4, -0.2) is 53.2 Å². The normalized spacial score (nSPS) is 21.9. The minimum atomic E-state index is -4.48. The smallest absolute Gasteiger partial charge is 0.303 e. The lowest BCUT2D eigenvalue weighted by Gasteiger charge is -2.34. The van der Waals surface area contributed by atoms with Crippen molar-refractivity contribution in [1.82, 2.24) is 0 Å². The molecule has 0 fully saturated rings. The Morgan fingerprint density at radius 2 is 1.72 bits per heavy atom. The van der Waals surface area contributed by atoms with Gasteiger partial charge in [0, 0.05) is 58.6 Å². The zero-order valence-electron chi connectivity index (χ0n) is 27.8. The van der Waals surface area contributed by atoms with Gasteiger partial charge < -0.3 is 15.1 Å². The fourth-order valence-electron chi connectivity index (χ4n) is 7.32. The fraction of sp³-hybridized carbons (Fsp3) is 0.432. The molecule has 0 aromatic heterocycles. The van der Waals surface area contributed by atoms with Crippen molar-refractivity contribution < 1.29 is 37.3 Å². The van der Waals surface area contributed by atoms with E-state index in [1.165, 1.54) is 12.1 Å². The van der Waals surface area contributed by atoms with Gasteiger partial charge in [-0.05, 0) is 76.8 Å². The fourth-order valence-corrected chi connectivity index (χ4v) is 7.83. The van der Waals surface area contributed by atoms with Crippen molar-refractivity contribution in [2.75, 3.05) is 18.0 Å². The number of hydrogen-bond acceptors (Lipinski definition) is 6. The van der Waals surface area contributed by atoms with Gasteiger partial charge in [0.15, 0.2) is 11.5 Å². The van der Waals surface area contributed by atoms with Crippen molar-refractivity contribution in [3.8, 4) is 0 Å². The van der Waals surface area contributed by atoms with Crippen LogP contribution in [0, 0.1) is 0 Å². The van der Waals surface area contributed by atoms with Crippen LogP contribution in [0.3, 0.4) is 0 Å². The predicted molar refractivity (Wildman–Crippen MR) is 180 cm³/mol. The number of fused-ring (bicyclic) bond motifs is 2. The van der Waals surface area contributed by atoms with Gasteiger partial charge in [-0.1, -0.05) is 50.1 Å². The maximum Gasteiger partial charge on any atom is 0.303 e. The van der Waals surface area contributed by atoms with Gasteiger partial charge >= 0.3 is 5.97 Å². The molecule has 2 N–H and O–H groups in total. The van der Waals surface area contributed by atoms with Gasteiger partial charge in [0.05, 0.1) is 10.3 Å². The molecule has 0 bridgehead atoms. The summed E-state index contributed by atoms with van der Waals surface area (Å²) in [4.78, 5) is 26.7. The van der Waals surface area contributed by atoms with E-state index in [0.29, 0.717) is 44.3 Å². The van der Waals surface area contributed by atoms with Gasteiger partial charge in [0.1, 0.15) is 6.54 Å². The number of Topliss-reactive ketones (excluding diaryl/α,β-unsaturated/α-hetero) is 1. The highest BCUT2D eigenvalue weighted by Gasteiger charge is 2.47. The number of para-hydroxylation sites is 1. The van der Waals surface area contributed by atoms with Crippen LogP contribution in [0.25, 0.3) is 0 Å². The third-order valence-electron chi connectivity index (χ3n) is 9.97. The molecule has 0 spiro atoms. The number of allylic oxidation sites excluding steroid dienone is 5. The Balaban J connectivity index is 1.60. The van der Waals surface area contributed by atoms with Gasteiger partial charge in [-0.3, -0.25) is 14.1 Å². The van der Waals surface area contributed by atoms with Crippen LogP contribution in [0.1, 0.15) is 90.7 Å². The number of unbranched alkanes of at least 4 members (excludes halogenated alkanes) is 3. The minimum Gasteiger partial charge on any atom is -0.871 e. The number of carboxylic acid groups (broad SMARTS) is 1. The van der Waals surface area contributed by atoms with Crippen molar-refractivity contribution in [1.29, 1.82) is 0 Å². The Bertz CT molecular complexity index is 1870. The molecule has 2 aromatic carbocycles. The number of carboxylic acids is 1. The maximum atomic E-state index is 13.8. The van der Waals surface area contributed by atoms with Gasteiger partial charge in [-0.25, -0.2) is 0 Å². The van der Waals surface area contributed by atoms with E-state index in [-0.39, 0.29) is 34.0 Å². The van der Waals surface area contributed by atoms with Crippen LogP contribution < -0.4 is 10.0 Å². The van der Waals surface area contributed by atoms with E-state index in [0.717, 1.165) is 41.2 Å². The van der Waals surface area contributed by atoms with Crippen molar-refractivity contribution in [3.63, 3.8) is 0 Å². The molecule has 0 radical (unpaired) electrons. The van der Waals surface area contributed by atoms with Gasteiger partial charge in [0.2, 0.25) is 5.69 Å². The molecule has 1 atom stereocenters. The molecule has 0 saturated carbocycles. The number of carbonyl (C=O) groups is 2. The Labute approximate surface area is 277 Å². The number of anilines is 1. The van der Waals surface area contributed by atoms with E-state index >= 15 is 0 Å². The second-order valence-electron chi connectivity index (χ2n) is 13.4. The van der Waals surface area contributed by atoms with Crippen molar-refractivity contribution in [2.24, 2.45) is 0 Å². The second kappa shape index (κ2) is 12.9. The molecule has 9 nitrogen and oxygen atoms in total. The SMILES string of the molecule is CCCCN1C(=CC2=C([O-])C(=CC3=[N+](CC)c4ccccc4C3(C)C)C2=O)C(C)(CCCCCC(=O)O)c2cc(S(=O)(=O)O)ccc21. The Kier molecular flexibility index (Phi) is 9.41. The van der Waals surface area contributed by atoms with Crippen LogP contribution in [-0.2, 0) is 30.5 Å². The van der Waals surface area contributed by atoms with Crippen molar-refractivity contribution in [3.05, 3.63) is 88.3 Å². The molecular formula is C37H44N2O7S. The zero-order valence-corrected chi connectivity index (χ0v) is 28.6. The molecule has 3 aliphatic rings. The first-order chi connectivity index (χ1) is 22.2. The molecular weight excluding hydrogens is 616 g/mol. The summed E-state index contributed by atoms with van der Waals surface area (Å²) in [6.45, 7) is 11.5. The van der Waals surface area contributed by atoms with E-state index < -0.39 is 26.9 Å². The molecule has 2 aromatic rings. The number of ketones is 1. The molecule has 5 rings (SSSR count). The average molecular weight is 661 g/mol. The quantitative estimate of drug-likeness (QED) is 0.116. The number of rotatable bonds is 13. The first kappa shape index (κ1) is 34.3. The van der Waals surface area contributed by atoms with E-state index in [2.05, 4.69) is 42.4 Å². The number of hydrogen-bond donors (Lipinski definition) is 2. The lowest BCUT2D eigenvalue weighted by atomic mass is 9.75. The molecule has 1 aliphatic carbocycles.